The summed E-state index contributed by atoms with van der Waals surface area (Å²) in [6, 6.07) is 0. The topological polar surface area (TPSA) is 66.8 Å². The summed E-state index contributed by atoms with van der Waals surface area (Å²) < 4.78 is 5.14. The van der Waals surface area contributed by atoms with E-state index in [-0.39, 0.29) is 11.8 Å². The SMILES string of the molecule is CC(C)C(=O)N1CCC(C(=O)O)C12COC2. The first-order valence-corrected chi connectivity index (χ1v) is 5.61. The molecule has 1 spiro atoms. The number of ether oxygens (including phenoxy) is 1. The van der Waals surface area contributed by atoms with Crippen LogP contribution in [-0.4, -0.2) is 47.2 Å². The van der Waals surface area contributed by atoms with Crippen LogP contribution in [0.4, 0.5) is 0 Å². The fourth-order valence-corrected chi connectivity index (χ4v) is 2.60. The zero-order valence-electron chi connectivity index (χ0n) is 9.60. The van der Waals surface area contributed by atoms with Crippen LogP contribution in [0.1, 0.15) is 20.3 Å². The van der Waals surface area contributed by atoms with Crippen molar-refractivity contribution in [2.24, 2.45) is 11.8 Å². The molecule has 0 aromatic carbocycles. The number of nitrogens with zero attached hydrogens (tertiary/aromatic N) is 1. The number of carbonyl (C=O) groups is 2. The molecular weight excluding hydrogens is 210 g/mol. The van der Waals surface area contributed by atoms with Crippen LogP contribution >= 0.6 is 0 Å². The molecule has 0 aliphatic carbocycles. The average molecular weight is 227 g/mol. The molecule has 0 radical (unpaired) electrons. The Morgan fingerprint density at radius 3 is 2.44 bits per heavy atom. The molecule has 1 N–H and O–H groups in total. The molecular formula is C11H17NO4. The Kier molecular flexibility index (Phi) is 2.66. The molecule has 2 aliphatic rings. The summed E-state index contributed by atoms with van der Waals surface area (Å²) >= 11 is 0. The quantitative estimate of drug-likeness (QED) is 0.739. The molecule has 2 saturated heterocycles. The summed E-state index contributed by atoms with van der Waals surface area (Å²) in [5, 5.41) is 9.16. The Bertz CT molecular complexity index is 322. The van der Waals surface area contributed by atoms with Gasteiger partial charge in [0, 0.05) is 12.5 Å². The van der Waals surface area contributed by atoms with Gasteiger partial charge < -0.3 is 14.7 Å². The molecule has 2 heterocycles. The normalized spacial score (nSPS) is 27.2. The highest BCUT2D eigenvalue weighted by Gasteiger charge is 2.58. The van der Waals surface area contributed by atoms with E-state index in [4.69, 9.17) is 9.84 Å². The van der Waals surface area contributed by atoms with Gasteiger partial charge in [-0.15, -0.1) is 0 Å². The van der Waals surface area contributed by atoms with Gasteiger partial charge in [0.25, 0.3) is 0 Å². The van der Waals surface area contributed by atoms with Crippen molar-refractivity contribution in [1.29, 1.82) is 0 Å². The van der Waals surface area contributed by atoms with E-state index in [1.807, 2.05) is 13.8 Å². The predicted molar refractivity (Wildman–Crippen MR) is 55.8 cm³/mol. The van der Waals surface area contributed by atoms with Crippen molar-refractivity contribution in [2.75, 3.05) is 19.8 Å². The monoisotopic (exact) mass is 227 g/mol. The highest BCUT2D eigenvalue weighted by Crippen LogP contribution is 2.41. The van der Waals surface area contributed by atoms with E-state index in [0.29, 0.717) is 26.2 Å². The maximum atomic E-state index is 12.0. The lowest BCUT2D eigenvalue weighted by Gasteiger charge is -2.47. The minimum absolute atomic E-state index is 0.0343. The number of hydrogen-bond acceptors (Lipinski definition) is 3. The second-order valence-electron chi connectivity index (χ2n) is 4.92. The van der Waals surface area contributed by atoms with Crippen LogP contribution in [0.5, 0.6) is 0 Å². The average Bonchev–Trinajstić information content (AvgIpc) is 2.54. The van der Waals surface area contributed by atoms with Crippen LogP contribution in [0.25, 0.3) is 0 Å². The largest absolute Gasteiger partial charge is 0.481 e. The lowest BCUT2D eigenvalue weighted by molar-refractivity contribution is -0.178. The van der Waals surface area contributed by atoms with Gasteiger partial charge >= 0.3 is 5.97 Å². The Balaban J connectivity index is 2.23. The zero-order chi connectivity index (χ0) is 11.9. The molecule has 2 rings (SSSR count). The Morgan fingerprint density at radius 2 is 2.06 bits per heavy atom. The summed E-state index contributed by atoms with van der Waals surface area (Å²) in [6.07, 6.45) is 0.539. The standard InChI is InChI=1S/C11H17NO4/c1-7(2)9(13)12-4-3-8(10(14)15)11(12)5-16-6-11/h7-8H,3-6H2,1-2H3,(H,14,15). The van der Waals surface area contributed by atoms with E-state index in [9.17, 15) is 9.59 Å². The van der Waals surface area contributed by atoms with Crippen molar-refractivity contribution in [3.63, 3.8) is 0 Å². The molecule has 0 aromatic rings. The zero-order valence-corrected chi connectivity index (χ0v) is 9.60. The molecule has 5 nitrogen and oxygen atoms in total. The highest BCUT2D eigenvalue weighted by atomic mass is 16.5. The van der Waals surface area contributed by atoms with Gasteiger partial charge in [-0.05, 0) is 6.42 Å². The van der Waals surface area contributed by atoms with Crippen LogP contribution in [0, 0.1) is 11.8 Å². The molecule has 1 unspecified atom stereocenters. The summed E-state index contributed by atoms with van der Waals surface area (Å²) in [4.78, 5) is 24.9. The second-order valence-corrected chi connectivity index (χ2v) is 4.92. The van der Waals surface area contributed by atoms with Crippen molar-refractivity contribution in [2.45, 2.75) is 25.8 Å². The number of aliphatic carboxylic acids is 1. The van der Waals surface area contributed by atoms with Gasteiger partial charge in [-0.1, -0.05) is 13.8 Å². The molecule has 5 heteroatoms. The molecule has 0 aromatic heterocycles. The summed E-state index contributed by atoms with van der Waals surface area (Å²) in [5.41, 5.74) is -0.562. The minimum atomic E-state index is -0.817. The minimum Gasteiger partial charge on any atom is -0.481 e. The van der Waals surface area contributed by atoms with E-state index in [1.165, 1.54) is 0 Å². The Labute approximate surface area is 94.4 Å². The summed E-state index contributed by atoms with van der Waals surface area (Å²) in [6.45, 7) is 4.94. The number of carboxylic acids is 1. The summed E-state index contributed by atoms with van der Waals surface area (Å²) in [5.74, 6) is -1.34. The van der Waals surface area contributed by atoms with Crippen molar-refractivity contribution in [1.82, 2.24) is 4.90 Å². The molecule has 16 heavy (non-hydrogen) atoms. The second kappa shape index (κ2) is 3.73. The molecule has 2 fully saturated rings. The number of carboxylic acid groups (broad SMARTS) is 1. The van der Waals surface area contributed by atoms with Crippen LogP contribution in [-0.2, 0) is 14.3 Å². The first-order chi connectivity index (χ1) is 7.49. The van der Waals surface area contributed by atoms with E-state index < -0.39 is 17.4 Å². The summed E-state index contributed by atoms with van der Waals surface area (Å²) in [7, 11) is 0. The van der Waals surface area contributed by atoms with Crippen LogP contribution in [0.3, 0.4) is 0 Å². The van der Waals surface area contributed by atoms with E-state index >= 15 is 0 Å². The van der Waals surface area contributed by atoms with Crippen LogP contribution < -0.4 is 0 Å². The lowest BCUT2D eigenvalue weighted by atomic mass is 9.82. The maximum Gasteiger partial charge on any atom is 0.309 e. The Morgan fingerprint density at radius 1 is 1.44 bits per heavy atom. The fourth-order valence-electron chi connectivity index (χ4n) is 2.60. The van der Waals surface area contributed by atoms with Crippen LogP contribution in [0.15, 0.2) is 0 Å². The van der Waals surface area contributed by atoms with Crippen molar-refractivity contribution < 1.29 is 19.4 Å². The fraction of sp³-hybridized carbons (Fsp3) is 0.818. The van der Waals surface area contributed by atoms with Gasteiger partial charge in [-0.25, -0.2) is 0 Å². The molecule has 2 aliphatic heterocycles. The van der Waals surface area contributed by atoms with E-state index in [2.05, 4.69) is 0 Å². The van der Waals surface area contributed by atoms with E-state index in [0.717, 1.165) is 0 Å². The van der Waals surface area contributed by atoms with Gasteiger partial charge in [0.05, 0.1) is 19.1 Å². The van der Waals surface area contributed by atoms with Crippen molar-refractivity contribution >= 4 is 11.9 Å². The molecule has 90 valence electrons. The number of amides is 1. The molecule has 0 bridgehead atoms. The smallest absolute Gasteiger partial charge is 0.309 e. The number of hydrogen-bond donors (Lipinski definition) is 1. The van der Waals surface area contributed by atoms with Crippen LogP contribution in [0.2, 0.25) is 0 Å². The third-order valence-electron chi connectivity index (χ3n) is 3.59. The number of carbonyl (C=O) groups excluding carboxylic acids is 1. The van der Waals surface area contributed by atoms with Gasteiger partial charge in [0.1, 0.15) is 5.54 Å². The van der Waals surface area contributed by atoms with Crippen molar-refractivity contribution in [3.8, 4) is 0 Å². The molecule has 0 saturated carbocycles. The number of likely N-dealkylation sites (tertiary alicyclic amines) is 1. The first-order valence-electron chi connectivity index (χ1n) is 5.61. The highest BCUT2D eigenvalue weighted by molar-refractivity contribution is 5.82. The third kappa shape index (κ3) is 1.42. The van der Waals surface area contributed by atoms with Crippen molar-refractivity contribution in [3.05, 3.63) is 0 Å². The maximum absolute atomic E-state index is 12.0. The third-order valence-corrected chi connectivity index (χ3v) is 3.59. The lowest BCUT2D eigenvalue weighted by Crippen LogP contribution is -2.65. The van der Waals surface area contributed by atoms with Gasteiger partial charge in [-0.3, -0.25) is 9.59 Å². The predicted octanol–water partition coefficient (Wildman–Crippen LogP) is 0.344. The molecule has 1 amide bonds. The van der Waals surface area contributed by atoms with Gasteiger partial charge in [0.15, 0.2) is 0 Å². The Hall–Kier alpha value is -1.10. The van der Waals surface area contributed by atoms with Gasteiger partial charge in [-0.2, -0.15) is 0 Å². The van der Waals surface area contributed by atoms with Gasteiger partial charge in [0.2, 0.25) is 5.91 Å². The first kappa shape index (κ1) is 11.4. The number of rotatable bonds is 2. The molecule has 1 atom stereocenters. The van der Waals surface area contributed by atoms with E-state index in [1.54, 1.807) is 4.90 Å².